The van der Waals surface area contributed by atoms with Gasteiger partial charge in [-0.2, -0.15) is 0 Å². The summed E-state index contributed by atoms with van der Waals surface area (Å²) < 4.78 is 1.86. The number of hydrogen-bond donors (Lipinski definition) is 2. The van der Waals surface area contributed by atoms with Gasteiger partial charge in [-0.25, -0.2) is 4.98 Å². The van der Waals surface area contributed by atoms with Crippen molar-refractivity contribution in [2.24, 2.45) is 5.92 Å². The molecule has 1 saturated carbocycles. The molecule has 27 heavy (non-hydrogen) atoms. The predicted octanol–water partition coefficient (Wildman–Crippen LogP) is 4.40. The maximum atomic E-state index is 13.0. The first-order valence-corrected chi connectivity index (χ1v) is 9.98. The first-order valence-electron chi connectivity index (χ1n) is 9.60. The van der Waals surface area contributed by atoms with Gasteiger partial charge in [0.15, 0.2) is 0 Å². The van der Waals surface area contributed by atoms with Crippen LogP contribution in [0.4, 0.5) is 0 Å². The molecule has 2 aromatic heterocycles. The molecule has 0 aromatic carbocycles. The van der Waals surface area contributed by atoms with Gasteiger partial charge >= 0.3 is 0 Å². The van der Waals surface area contributed by atoms with Gasteiger partial charge in [-0.3, -0.25) is 4.79 Å². The molecule has 1 fully saturated rings. The molecule has 1 amide bonds. The number of aromatic nitrogens is 2. The monoisotopic (exact) mass is 386 g/mol. The number of imidazole rings is 1. The zero-order valence-electron chi connectivity index (χ0n) is 16.1. The predicted molar refractivity (Wildman–Crippen MR) is 110 cm³/mol. The summed E-state index contributed by atoms with van der Waals surface area (Å²) in [5.41, 5.74) is 3.58. The second-order valence-electron chi connectivity index (χ2n) is 6.92. The third kappa shape index (κ3) is 4.72. The van der Waals surface area contributed by atoms with Crippen LogP contribution in [0.2, 0.25) is 5.02 Å². The highest BCUT2D eigenvalue weighted by Crippen LogP contribution is 2.35. The van der Waals surface area contributed by atoms with Crippen LogP contribution in [-0.4, -0.2) is 22.3 Å². The van der Waals surface area contributed by atoms with Gasteiger partial charge < -0.3 is 15.0 Å². The number of halogens is 1. The van der Waals surface area contributed by atoms with Crippen LogP contribution in [0.25, 0.3) is 5.65 Å². The minimum atomic E-state index is -0.309. The molecule has 144 valence electrons. The summed E-state index contributed by atoms with van der Waals surface area (Å²) in [7, 11) is 1.94. The second-order valence-corrected chi connectivity index (χ2v) is 7.36. The van der Waals surface area contributed by atoms with Crippen molar-refractivity contribution < 1.29 is 4.79 Å². The van der Waals surface area contributed by atoms with Gasteiger partial charge in [-0.05, 0) is 49.8 Å². The number of nitrogens with zero attached hydrogens (tertiary/aromatic N) is 2. The van der Waals surface area contributed by atoms with Gasteiger partial charge in [-0.1, -0.05) is 31.5 Å². The first-order chi connectivity index (χ1) is 13.0. The molecular weight excluding hydrogens is 360 g/mol. The lowest BCUT2D eigenvalue weighted by atomic mass is 10.0. The Morgan fingerprint density at radius 2 is 2.15 bits per heavy atom. The Balaban J connectivity index is 1.81. The minimum absolute atomic E-state index is 0.0331. The Bertz CT molecular complexity index is 879. The van der Waals surface area contributed by atoms with Crippen LogP contribution < -0.4 is 10.6 Å². The van der Waals surface area contributed by atoms with Crippen LogP contribution in [-0.2, 0) is 4.79 Å². The van der Waals surface area contributed by atoms with Gasteiger partial charge in [-0.15, -0.1) is 0 Å². The fourth-order valence-corrected chi connectivity index (χ4v) is 3.40. The molecule has 2 heterocycles. The lowest BCUT2D eigenvalue weighted by molar-refractivity contribution is -0.121. The Hall–Kier alpha value is -2.27. The quantitative estimate of drug-likeness (QED) is 0.661. The van der Waals surface area contributed by atoms with Crippen molar-refractivity contribution in [3.63, 3.8) is 0 Å². The molecule has 3 rings (SSSR count). The fraction of sp³-hybridized carbons (Fsp3) is 0.429. The van der Waals surface area contributed by atoms with E-state index in [0.29, 0.717) is 17.4 Å². The van der Waals surface area contributed by atoms with Crippen LogP contribution in [0.3, 0.4) is 0 Å². The summed E-state index contributed by atoms with van der Waals surface area (Å²) in [6, 6.07) is 3.66. The molecule has 6 heteroatoms. The maximum Gasteiger partial charge on any atom is 0.233 e. The third-order valence-corrected chi connectivity index (χ3v) is 5.05. The number of carbonyl (C=O) groups is 1. The fourth-order valence-electron chi connectivity index (χ4n) is 3.23. The maximum absolute atomic E-state index is 13.0. The van der Waals surface area contributed by atoms with E-state index in [1.54, 1.807) is 12.3 Å². The molecule has 1 aliphatic rings. The zero-order chi connectivity index (χ0) is 19.4. The van der Waals surface area contributed by atoms with E-state index in [0.717, 1.165) is 23.5 Å². The second kappa shape index (κ2) is 8.61. The molecule has 1 aliphatic carbocycles. The molecule has 0 radical (unpaired) electrons. The SMILES string of the molecule is CC/C=C(/C=C(\NC)C1CC1)NC(=O)C(CC)c1cn2cc(Cl)ccc2n1. The average Bonchev–Trinajstić information content (AvgIpc) is 3.40. The molecule has 2 N–H and O–H groups in total. The van der Waals surface area contributed by atoms with Crippen LogP contribution in [0.5, 0.6) is 0 Å². The van der Waals surface area contributed by atoms with E-state index in [4.69, 9.17) is 11.6 Å². The average molecular weight is 387 g/mol. The summed E-state index contributed by atoms with van der Waals surface area (Å²) in [5, 5.41) is 7.01. The molecule has 0 spiro atoms. The van der Waals surface area contributed by atoms with E-state index in [9.17, 15) is 4.79 Å². The lowest BCUT2D eigenvalue weighted by Crippen LogP contribution is -2.29. The summed E-state index contributed by atoms with van der Waals surface area (Å²) in [5.74, 6) is 0.253. The van der Waals surface area contributed by atoms with Gasteiger partial charge in [0.2, 0.25) is 5.91 Å². The van der Waals surface area contributed by atoms with Crippen LogP contribution in [0, 0.1) is 5.92 Å². The van der Waals surface area contributed by atoms with Gasteiger partial charge in [0.25, 0.3) is 0 Å². The van der Waals surface area contributed by atoms with E-state index in [1.165, 1.54) is 18.5 Å². The number of hydrogen-bond acceptors (Lipinski definition) is 3. The lowest BCUT2D eigenvalue weighted by Gasteiger charge is -2.15. The normalized spacial score (nSPS) is 16.4. The Kier molecular flexibility index (Phi) is 6.22. The van der Waals surface area contributed by atoms with E-state index < -0.39 is 0 Å². The zero-order valence-corrected chi connectivity index (χ0v) is 16.9. The van der Waals surface area contributed by atoms with Crippen molar-refractivity contribution in [2.45, 2.75) is 45.4 Å². The highest BCUT2D eigenvalue weighted by atomic mass is 35.5. The van der Waals surface area contributed by atoms with Crippen molar-refractivity contribution in [3.05, 3.63) is 58.8 Å². The van der Waals surface area contributed by atoms with Crippen molar-refractivity contribution in [2.75, 3.05) is 7.05 Å². The molecule has 1 atom stereocenters. The van der Waals surface area contributed by atoms with Gasteiger partial charge in [0.05, 0.1) is 16.6 Å². The molecular formula is C21H27ClN4O. The van der Waals surface area contributed by atoms with Crippen LogP contribution >= 0.6 is 11.6 Å². The number of nitrogens with one attached hydrogen (secondary N) is 2. The number of allylic oxidation sites excluding steroid dienone is 3. The Morgan fingerprint density at radius 1 is 1.37 bits per heavy atom. The van der Waals surface area contributed by atoms with E-state index in [-0.39, 0.29) is 11.8 Å². The Labute approximate surface area is 165 Å². The Morgan fingerprint density at radius 3 is 2.78 bits per heavy atom. The van der Waals surface area contributed by atoms with Crippen molar-refractivity contribution in [3.8, 4) is 0 Å². The highest BCUT2D eigenvalue weighted by Gasteiger charge is 2.26. The molecule has 2 aromatic rings. The van der Waals surface area contributed by atoms with Gasteiger partial charge in [0.1, 0.15) is 5.65 Å². The number of rotatable bonds is 8. The molecule has 5 nitrogen and oxygen atoms in total. The van der Waals surface area contributed by atoms with Gasteiger partial charge in [0, 0.05) is 30.8 Å². The van der Waals surface area contributed by atoms with Crippen LogP contribution in [0.1, 0.15) is 51.1 Å². The third-order valence-electron chi connectivity index (χ3n) is 4.82. The van der Waals surface area contributed by atoms with E-state index in [1.807, 2.05) is 36.7 Å². The number of carbonyl (C=O) groups excluding carboxylic acids is 1. The van der Waals surface area contributed by atoms with Crippen LogP contribution in [0.15, 0.2) is 48.1 Å². The van der Waals surface area contributed by atoms with E-state index in [2.05, 4.69) is 28.6 Å². The summed E-state index contributed by atoms with van der Waals surface area (Å²) in [4.78, 5) is 17.6. The highest BCUT2D eigenvalue weighted by molar-refractivity contribution is 6.30. The molecule has 1 unspecified atom stereocenters. The number of fused-ring (bicyclic) bond motifs is 1. The van der Waals surface area contributed by atoms with Crippen molar-refractivity contribution >= 4 is 23.2 Å². The summed E-state index contributed by atoms with van der Waals surface area (Å²) in [6.45, 7) is 4.07. The largest absolute Gasteiger partial charge is 0.391 e. The first kappa shape index (κ1) is 19.5. The van der Waals surface area contributed by atoms with Crippen molar-refractivity contribution in [1.82, 2.24) is 20.0 Å². The summed E-state index contributed by atoms with van der Waals surface area (Å²) in [6.07, 6.45) is 11.8. The standard InChI is InChI=1S/C21H27ClN4O/c1-4-6-16(11-18(23-3)14-7-8-14)24-21(27)17(5-2)19-13-26-12-15(22)9-10-20(26)25-19/h6,9-14,17,23H,4-5,7-8H2,1-3H3,(H,24,27)/b16-6-,18-11-. The summed E-state index contributed by atoms with van der Waals surface area (Å²) >= 11 is 6.05. The number of pyridine rings is 1. The minimum Gasteiger partial charge on any atom is -0.391 e. The smallest absolute Gasteiger partial charge is 0.233 e. The number of amides is 1. The molecule has 0 aliphatic heterocycles. The topological polar surface area (TPSA) is 58.4 Å². The van der Waals surface area contributed by atoms with Crippen molar-refractivity contribution in [1.29, 1.82) is 0 Å². The van der Waals surface area contributed by atoms with E-state index >= 15 is 0 Å². The molecule has 0 bridgehead atoms. The molecule has 0 saturated heterocycles.